The van der Waals surface area contributed by atoms with Crippen molar-refractivity contribution in [2.24, 2.45) is 0 Å². The second-order valence-electron chi connectivity index (χ2n) is 5.14. The number of benzene rings is 1. The highest BCUT2D eigenvalue weighted by Crippen LogP contribution is 2.31. The van der Waals surface area contributed by atoms with Gasteiger partial charge in [-0.25, -0.2) is 0 Å². The van der Waals surface area contributed by atoms with Crippen LogP contribution in [-0.2, 0) is 0 Å². The minimum Gasteiger partial charge on any atom is -0.490 e. The average molecular weight is 318 g/mol. The first-order chi connectivity index (χ1) is 11.1. The van der Waals surface area contributed by atoms with Crippen LogP contribution in [0, 0.1) is 6.92 Å². The molecular weight excluding hydrogens is 296 g/mol. The Labute approximate surface area is 135 Å². The summed E-state index contributed by atoms with van der Waals surface area (Å²) in [5.41, 5.74) is 0.857. The first-order valence-corrected chi connectivity index (χ1v) is 7.78. The van der Waals surface area contributed by atoms with Gasteiger partial charge in [-0.05, 0) is 31.9 Å². The Morgan fingerprint density at radius 1 is 1.13 bits per heavy atom. The summed E-state index contributed by atoms with van der Waals surface area (Å²) in [6, 6.07) is 6.91. The van der Waals surface area contributed by atoms with Gasteiger partial charge < -0.3 is 19.3 Å². The fourth-order valence-corrected chi connectivity index (χ4v) is 1.91. The third kappa shape index (κ3) is 4.74. The minimum atomic E-state index is -0.328. The van der Waals surface area contributed by atoms with Gasteiger partial charge in [0.2, 0.25) is 0 Å². The maximum atomic E-state index is 12.1. The third-order valence-electron chi connectivity index (χ3n) is 2.99. The van der Waals surface area contributed by atoms with Gasteiger partial charge in [-0.2, -0.15) is 0 Å². The molecular formula is C17H22N2O4. The Balaban J connectivity index is 2.13. The van der Waals surface area contributed by atoms with Crippen molar-refractivity contribution >= 4 is 11.6 Å². The molecule has 0 saturated heterocycles. The molecule has 2 aromatic rings. The lowest BCUT2D eigenvalue weighted by Gasteiger charge is -2.13. The van der Waals surface area contributed by atoms with Gasteiger partial charge in [0.25, 0.3) is 5.91 Å². The number of anilines is 1. The fourth-order valence-electron chi connectivity index (χ4n) is 1.91. The molecule has 0 aliphatic heterocycles. The quantitative estimate of drug-likeness (QED) is 0.801. The molecule has 1 N–H and O–H groups in total. The normalized spacial score (nSPS) is 10.4. The van der Waals surface area contributed by atoms with E-state index in [1.54, 1.807) is 31.2 Å². The van der Waals surface area contributed by atoms with Gasteiger partial charge in [0, 0.05) is 17.8 Å². The van der Waals surface area contributed by atoms with E-state index in [1.165, 1.54) is 0 Å². The lowest BCUT2D eigenvalue weighted by atomic mass is 10.2. The van der Waals surface area contributed by atoms with E-state index in [2.05, 4.69) is 10.5 Å². The molecule has 0 aliphatic rings. The highest BCUT2D eigenvalue weighted by atomic mass is 16.5. The van der Waals surface area contributed by atoms with Gasteiger partial charge in [0.1, 0.15) is 5.76 Å². The number of carbonyl (C=O) groups excluding carboxylic acids is 1. The van der Waals surface area contributed by atoms with Crippen molar-refractivity contribution in [1.29, 1.82) is 0 Å². The van der Waals surface area contributed by atoms with Crippen LogP contribution in [0.1, 0.15) is 42.9 Å². The topological polar surface area (TPSA) is 73.6 Å². The Morgan fingerprint density at radius 3 is 2.43 bits per heavy atom. The molecule has 0 saturated carbocycles. The standard InChI is InChI=1S/C17H22N2O4/c1-4-8-21-15-7-6-13(11-16(15)22-9-5-2)18-17(20)14-10-12(3)23-19-14/h6-7,10-11H,4-5,8-9H2,1-3H3,(H,18,20). The van der Waals surface area contributed by atoms with Crippen LogP contribution in [0.5, 0.6) is 11.5 Å². The van der Waals surface area contributed by atoms with Crippen molar-refractivity contribution in [3.63, 3.8) is 0 Å². The molecule has 0 fully saturated rings. The molecule has 0 unspecified atom stereocenters. The summed E-state index contributed by atoms with van der Waals surface area (Å²) in [4.78, 5) is 12.1. The largest absolute Gasteiger partial charge is 0.490 e. The smallest absolute Gasteiger partial charge is 0.277 e. The number of nitrogens with one attached hydrogen (secondary N) is 1. The second kappa shape index (κ2) is 8.22. The first-order valence-electron chi connectivity index (χ1n) is 7.78. The summed E-state index contributed by atoms with van der Waals surface area (Å²) in [5.74, 6) is 1.56. The minimum absolute atomic E-state index is 0.241. The van der Waals surface area contributed by atoms with Crippen molar-refractivity contribution in [3.05, 3.63) is 35.7 Å². The number of ether oxygens (including phenoxy) is 2. The molecule has 0 aliphatic carbocycles. The third-order valence-corrected chi connectivity index (χ3v) is 2.99. The number of carbonyl (C=O) groups is 1. The molecule has 1 heterocycles. The number of hydrogen-bond acceptors (Lipinski definition) is 5. The van der Waals surface area contributed by atoms with Crippen molar-refractivity contribution in [2.45, 2.75) is 33.6 Å². The number of amides is 1. The predicted octanol–water partition coefficient (Wildman–Crippen LogP) is 3.81. The van der Waals surface area contributed by atoms with Crippen molar-refractivity contribution < 1.29 is 18.8 Å². The van der Waals surface area contributed by atoms with Gasteiger partial charge in [-0.1, -0.05) is 19.0 Å². The molecule has 23 heavy (non-hydrogen) atoms. The SMILES string of the molecule is CCCOc1ccc(NC(=O)c2cc(C)on2)cc1OCCC. The van der Waals surface area contributed by atoms with Gasteiger partial charge >= 0.3 is 0 Å². The molecule has 1 aromatic heterocycles. The van der Waals surface area contributed by atoms with E-state index < -0.39 is 0 Å². The molecule has 0 radical (unpaired) electrons. The fraction of sp³-hybridized carbons (Fsp3) is 0.412. The number of aromatic nitrogens is 1. The summed E-state index contributed by atoms with van der Waals surface area (Å²) in [6.07, 6.45) is 1.80. The molecule has 2 rings (SSSR count). The maximum Gasteiger partial charge on any atom is 0.277 e. The summed E-state index contributed by atoms with van der Waals surface area (Å²) in [5, 5.41) is 6.47. The predicted molar refractivity (Wildman–Crippen MR) is 87.2 cm³/mol. The lowest BCUT2D eigenvalue weighted by molar-refractivity contribution is 0.101. The lowest BCUT2D eigenvalue weighted by Crippen LogP contribution is -2.12. The molecule has 0 spiro atoms. The van der Waals surface area contributed by atoms with Gasteiger partial charge in [0.05, 0.1) is 13.2 Å². The number of hydrogen-bond donors (Lipinski definition) is 1. The Kier molecular flexibility index (Phi) is 6.02. The summed E-state index contributed by atoms with van der Waals surface area (Å²) in [6.45, 7) is 7.02. The van der Waals surface area contributed by atoms with E-state index in [0.717, 1.165) is 12.8 Å². The first kappa shape index (κ1) is 16.9. The average Bonchev–Trinajstić information content (AvgIpc) is 2.98. The van der Waals surface area contributed by atoms with E-state index in [0.29, 0.717) is 36.2 Å². The molecule has 1 amide bonds. The Hall–Kier alpha value is -2.50. The highest BCUT2D eigenvalue weighted by Gasteiger charge is 2.13. The van der Waals surface area contributed by atoms with Crippen LogP contribution < -0.4 is 14.8 Å². The molecule has 0 bridgehead atoms. The van der Waals surface area contributed by atoms with Crippen LogP contribution in [0.15, 0.2) is 28.8 Å². The number of nitrogens with zero attached hydrogens (tertiary/aromatic N) is 1. The van der Waals surface area contributed by atoms with E-state index in [-0.39, 0.29) is 11.6 Å². The van der Waals surface area contributed by atoms with Crippen molar-refractivity contribution in [1.82, 2.24) is 5.16 Å². The zero-order valence-electron chi connectivity index (χ0n) is 13.7. The van der Waals surface area contributed by atoms with E-state index in [9.17, 15) is 4.79 Å². The van der Waals surface area contributed by atoms with E-state index in [1.807, 2.05) is 13.8 Å². The van der Waals surface area contributed by atoms with Crippen LogP contribution in [0.4, 0.5) is 5.69 Å². The van der Waals surface area contributed by atoms with Crippen LogP contribution in [0.3, 0.4) is 0 Å². The monoisotopic (exact) mass is 318 g/mol. The van der Waals surface area contributed by atoms with Crippen LogP contribution >= 0.6 is 0 Å². The maximum absolute atomic E-state index is 12.1. The van der Waals surface area contributed by atoms with Crippen molar-refractivity contribution in [2.75, 3.05) is 18.5 Å². The van der Waals surface area contributed by atoms with Gasteiger partial charge in [0.15, 0.2) is 17.2 Å². The summed E-state index contributed by atoms with van der Waals surface area (Å²) in [7, 11) is 0. The van der Waals surface area contributed by atoms with Crippen LogP contribution in [-0.4, -0.2) is 24.3 Å². The summed E-state index contributed by atoms with van der Waals surface area (Å²) < 4.78 is 16.3. The molecule has 124 valence electrons. The van der Waals surface area contributed by atoms with Gasteiger partial charge in [-0.15, -0.1) is 0 Å². The summed E-state index contributed by atoms with van der Waals surface area (Å²) >= 11 is 0. The molecule has 6 heteroatoms. The van der Waals surface area contributed by atoms with E-state index >= 15 is 0 Å². The van der Waals surface area contributed by atoms with E-state index in [4.69, 9.17) is 14.0 Å². The number of rotatable bonds is 8. The molecule has 1 aromatic carbocycles. The second-order valence-corrected chi connectivity index (χ2v) is 5.14. The van der Waals surface area contributed by atoms with Crippen molar-refractivity contribution in [3.8, 4) is 11.5 Å². The van der Waals surface area contributed by atoms with Crippen LogP contribution in [0.2, 0.25) is 0 Å². The van der Waals surface area contributed by atoms with Gasteiger partial charge in [-0.3, -0.25) is 4.79 Å². The Bertz CT molecular complexity index is 652. The number of aryl methyl sites for hydroxylation is 1. The molecule has 0 atom stereocenters. The zero-order chi connectivity index (χ0) is 16.7. The van der Waals surface area contributed by atoms with Crippen LogP contribution in [0.25, 0.3) is 0 Å². The Morgan fingerprint density at radius 2 is 1.83 bits per heavy atom. The molecule has 6 nitrogen and oxygen atoms in total. The zero-order valence-corrected chi connectivity index (χ0v) is 13.7. The highest BCUT2D eigenvalue weighted by molar-refractivity contribution is 6.02.